The number of esters is 1. The van der Waals surface area contributed by atoms with Crippen LogP contribution in [0.5, 0.6) is 0 Å². The van der Waals surface area contributed by atoms with Crippen LogP contribution in [0, 0.1) is 5.92 Å². The van der Waals surface area contributed by atoms with E-state index in [0.29, 0.717) is 11.2 Å². The van der Waals surface area contributed by atoms with Crippen LogP contribution in [0.2, 0.25) is 0 Å². The van der Waals surface area contributed by atoms with Crippen molar-refractivity contribution in [1.29, 1.82) is 0 Å². The summed E-state index contributed by atoms with van der Waals surface area (Å²) < 4.78 is 10.2. The highest BCUT2D eigenvalue weighted by Gasteiger charge is 2.48. The molecule has 2 rings (SSSR count). The fourth-order valence-corrected chi connectivity index (χ4v) is 4.18. The largest absolute Gasteiger partial charge is 0.468 e. The summed E-state index contributed by atoms with van der Waals surface area (Å²) in [4.78, 5) is 12.0. The standard InChI is InChI=1S/C13H23NO3S/c1-14-13(12(15)16-2)6-3-4-10(13)5-7-18-11-8-17-9-11/h10-11,14H,3-9H2,1-2H3. The second kappa shape index (κ2) is 6.26. The third-order valence-electron chi connectivity index (χ3n) is 4.24. The summed E-state index contributed by atoms with van der Waals surface area (Å²) in [5.41, 5.74) is -0.439. The zero-order chi connectivity index (χ0) is 13.0. The Hall–Kier alpha value is -0.260. The zero-order valence-electron chi connectivity index (χ0n) is 11.2. The van der Waals surface area contributed by atoms with Crippen LogP contribution in [0.4, 0.5) is 0 Å². The predicted molar refractivity (Wildman–Crippen MR) is 72.8 cm³/mol. The Morgan fingerprint density at radius 1 is 1.56 bits per heavy atom. The van der Waals surface area contributed by atoms with Gasteiger partial charge in [0.15, 0.2) is 0 Å². The van der Waals surface area contributed by atoms with Crippen LogP contribution < -0.4 is 5.32 Å². The van der Waals surface area contributed by atoms with Crippen LogP contribution in [0.25, 0.3) is 0 Å². The molecule has 1 heterocycles. The molecule has 0 bridgehead atoms. The van der Waals surface area contributed by atoms with Crippen molar-refractivity contribution in [1.82, 2.24) is 5.32 Å². The topological polar surface area (TPSA) is 47.6 Å². The van der Waals surface area contributed by atoms with Gasteiger partial charge in [-0.1, -0.05) is 6.42 Å². The maximum absolute atomic E-state index is 12.0. The van der Waals surface area contributed by atoms with Crippen molar-refractivity contribution >= 4 is 17.7 Å². The van der Waals surface area contributed by atoms with Crippen molar-refractivity contribution in [3.05, 3.63) is 0 Å². The zero-order valence-corrected chi connectivity index (χ0v) is 12.1. The molecule has 1 aliphatic heterocycles. The molecule has 2 aliphatic rings. The maximum atomic E-state index is 12.0. The molecule has 0 aromatic heterocycles. The van der Waals surface area contributed by atoms with Gasteiger partial charge in [-0.3, -0.25) is 4.79 Å². The van der Waals surface area contributed by atoms with Crippen LogP contribution in [-0.4, -0.2) is 49.9 Å². The van der Waals surface area contributed by atoms with Crippen molar-refractivity contribution in [2.75, 3.05) is 33.1 Å². The lowest BCUT2D eigenvalue weighted by molar-refractivity contribution is -0.150. The molecule has 5 heteroatoms. The minimum atomic E-state index is -0.439. The molecule has 2 atom stereocenters. The second-order valence-corrected chi connectivity index (χ2v) is 6.53. The lowest BCUT2D eigenvalue weighted by Gasteiger charge is -2.33. The molecule has 1 aliphatic carbocycles. The van der Waals surface area contributed by atoms with E-state index in [-0.39, 0.29) is 5.97 Å². The van der Waals surface area contributed by atoms with E-state index in [1.807, 2.05) is 18.8 Å². The van der Waals surface area contributed by atoms with E-state index in [9.17, 15) is 4.79 Å². The van der Waals surface area contributed by atoms with Gasteiger partial charge in [0.25, 0.3) is 0 Å². The van der Waals surface area contributed by atoms with Gasteiger partial charge in [0.1, 0.15) is 5.54 Å². The highest BCUT2D eigenvalue weighted by atomic mass is 32.2. The van der Waals surface area contributed by atoms with Gasteiger partial charge in [-0.15, -0.1) is 0 Å². The van der Waals surface area contributed by atoms with E-state index in [2.05, 4.69) is 5.32 Å². The third-order valence-corrected chi connectivity index (χ3v) is 5.46. The Kier molecular flexibility index (Phi) is 4.92. The smallest absolute Gasteiger partial charge is 0.326 e. The number of carbonyl (C=O) groups excluding carboxylic acids is 1. The second-order valence-electron chi connectivity index (χ2n) is 5.12. The lowest BCUT2D eigenvalue weighted by Crippen LogP contribution is -2.54. The van der Waals surface area contributed by atoms with Gasteiger partial charge in [0, 0.05) is 0 Å². The number of hydrogen-bond acceptors (Lipinski definition) is 5. The quantitative estimate of drug-likeness (QED) is 0.742. The molecule has 1 saturated heterocycles. The summed E-state index contributed by atoms with van der Waals surface area (Å²) in [6, 6.07) is 0. The average Bonchev–Trinajstić information content (AvgIpc) is 2.75. The monoisotopic (exact) mass is 273 g/mol. The van der Waals surface area contributed by atoms with E-state index < -0.39 is 5.54 Å². The number of carbonyl (C=O) groups is 1. The molecule has 2 fully saturated rings. The molecule has 2 unspecified atom stereocenters. The van der Waals surface area contributed by atoms with E-state index in [1.165, 1.54) is 7.11 Å². The number of thioether (sulfide) groups is 1. The normalized spacial score (nSPS) is 32.2. The summed E-state index contributed by atoms with van der Waals surface area (Å²) in [5.74, 6) is 1.42. The van der Waals surface area contributed by atoms with E-state index >= 15 is 0 Å². The van der Waals surface area contributed by atoms with Gasteiger partial charge in [-0.25, -0.2) is 0 Å². The number of hydrogen-bond donors (Lipinski definition) is 1. The van der Waals surface area contributed by atoms with Crippen molar-refractivity contribution in [3.8, 4) is 0 Å². The molecule has 0 amide bonds. The molecular formula is C13H23NO3S. The molecule has 0 aromatic carbocycles. The van der Waals surface area contributed by atoms with Gasteiger partial charge in [0.2, 0.25) is 0 Å². The summed E-state index contributed by atoms with van der Waals surface area (Å²) in [6.45, 7) is 1.78. The molecule has 1 saturated carbocycles. The van der Waals surface area contributed by atoms with Crippen LogP contribution in [-0.2, 0) is 14.3 Å². The molecule has 0 radical (unpaired) electrons. The first-order chi connectivity index (χ1) is 8.73. The van der Waals surface area contributed by atoms with E-state index in [1.54, 1.807) is 0 Å². The lowest BCUT2D eigenvalue weighted by atomic mass is 9.85. The molecule has 0 aromatic rings. The SMILES string of the molecule is CNC1(C(=O)OC)CCCC1CCSC1COC1. The summed E-state index contributed by atoms with van der Waals surface area (Å²) >= 11 is 1.98. The Morgan fingerprint density at radius 3 is 2.89 bits per heavy atom. The Balaban J connectivity index is 1.86. The number of rotatable bonds is 6. The first-order valence-electron chi connectivity index (χ1n) is 6.69. The summed E-state index contributed by atoms with van der Waals surface area (Å²) in [7, 11) is 3.36. The summed E-state index contributed by atoms with van der Waals surface area (Å²) in [6.07, 6.45) is 4.21. The van der Waals surface area contributed by atoms with Crippen molar-refractivity contribution in [2.24, 2.45) is 5.92 Å². The minimum absolute atomic E-state index is 0.0931. The molecule has 18 heavy (non-hydrogen) atoms. The highest BCUT2D eigenvalue weighted by Crippen LogP contribution is 2.39. The van der Waals surface area contributed by atoms with Gasteiger partial charge < -0.3 is 14.8 Å². The maximum Gasteiger partial charge on any atom is 0.326 e. The molecule has 1 N–H and O–H groups in total. The Labute approximate surface area is 113 Å². The van der Waals surface area contributed by atoms with Crippen molar-refractivity contribution in [2.45, 2.75) is 36.5 Å². The fraction of sp³-hybridized carbons (Fsp3) is 0.923. The van der Waals surface area contributed by atoms with Crippen LogP contribution >= 0.6 is 11.8 Å². The van der Waals surface area contributed by atoms with Crippen LogP contribution in [0.3, 0.4) is 0 Å². The number of methoxy groups -OCH3 is 1. The van der Waals surface area contributed by atoms with Gasteiger partial charge >= 0.3 is 5.97 Å². The molecule has 104 valence electrons. The van der Waals surface area contributed by atoms with E-state index in [4.69, 9.17) is 9.47 Å². The minimum Gasteiger partial charge on any atom is -0.468 e. The van der Waals surface area contributed by atoms with E-state index in [0.717, 1.165) is 44.6 Å². The van der Waals surface area contributed by atoms with Gasteiger partial charge in [-0.05, 0) is 38.0 Å². The van der Waals surface area contributed by atoms with Crippen LogP contribution in [0.1, 0.15) is 25.7 Å². The molecular weight excluding hydrogens is 250 g/mol. The average molecular weight is 273 g/mol. The Bertz CT molecular complexity index is 296. The van der Waals surface area contributed by atoms with Gasteiger partial charge in [0.05, 0.1) is 25.6 Å². The highest BCUT2D eigenvalue weighted by molar-refractivity contribution is 8.00. The van der Waals surface area contributed by atoms with Gasteiger partial charge in [-0.2, -0.15) is 11.8 Å². The number of nitrogens with one attached hydrogen (secondary N) is 1. The molecule has 0 spiro atoms. The molecule has 4 nitrogen and oxygen atoms in total. The number of likely N-dealkylation sites (N-methyl/N-ethyl adjacent to an activating group) is 1. The number of ether oxygens (including phenoxy) is 2. The predicted octanol–water partition coefficient (Wildman–Crippen LogP) is 1.44. The van der Waals surface area contributed by atoms with Crippen molar-refractivity contribution < 1.29 is 14.3 Å². The Morgan fingerprint density at radius 2 is 2.33 bits per heavy atom. The van der Waals surface area contributed by atoms with Crippen LogP contribution in [0.15, 0.2) is 0 Å². The van der Waals surface area contributed by atoms with Crippen molar-refractivity contribution in [3.63, 3.8) is 0 Å². The fourth-order valence-electron chi connectivity index (χ4n) is 3.04. The summed E-state index contributed by atoms with van der Waals surface area (Å²) in [5, 5.41) is 3.91. The first-order valence-corrected chi connectivity index (χ1v) is 7.74. The third kappa shape index (κ3) is 2.68. The first kappa shape index (κ1) is 14.2.